The molecule has 0 bridgehead atoms. The molecule has 3 aromatic rings. The van der Waals surface area contributed by atoms with Gasteiger partial charge in [0.2, 0.25) is 0 Å². The molecule has 8 rings (SSSR count). The summed E-state index contributed by atoms with van der Waals surface area (Å²) < 4.78 is 62.5. The number of carbonyl (C=O) groups excluding carboxylic acids is 1. The van der Waals surface area contributed by atoms with Gasteiger partial charge in [0, 0.05) is 25.0 Å². The Hall–Kier alpha value is -3.78. The number of hydrogen-bond acceptors (Lipinski definition) is 23. The number of Topliss-reactive ketones (excluding diaryl/α,β-unsaturated/α-hetero) is 1. The second kappa shape index (κ2) is 27.7. The van der Waals surface area contributed by atoms with E-state index in [0.29, 0.717) is 5.69 Å². The lowest BCUT2D eigenvalue weighted by atomic mass is 10.1. The molecule has 0 unspecified atom stereocenters. The van der Waals surface area contributed by atoms with E-state index in [2.05, 4.69) is 126 Å². The van der Waals surface area contributed by atoms with Crippen LogP contribution >= 0.6 is 0 Å². The van der Waals surface area contributed by atoms with E-state index >= 15 is 0 Å². The molecule has 0 amide bonds. The second-order valence-electron chi connectivity index (χ2n) is 25.0. The topological polar surface area (TPSA) is 358 Å². The summed E-state index contributed by atoms with van der Waals surface area (Å²) >= 11 is 0. The van der Waals surface area contributed by atoms with Gasteiger partial charge in [-0.05, 0) is 69.5 Å². The zero-order valence-corrected chi connectivity index (χ0v) is 55.7. The van der Waals surface area contributed by atoms with Crippen LogP contribution in [0.25, 0.3) is 0 Å². The quantitative estimate of drug-likeness (QED) is 0.112. The van der Waals surface area contributed by atoms with Crippen LogP contribution < -0.4 is 28.5 Å². The molecule has 0 spiro atoms. The number of carbonyl (C=O) groups is 1. The number of hydrogen-bond donors (Lipinski definition) is 7. The first-order valence-electron chi connectivity index (χ1n) is 29.2. The molecule has 0 aliphatic carbocycles. The number of nitrogen functional groups attached to an aromatic ring is 2. The number of ketones is 1. The number of rotatable bonds is 14. The molecule has 84 heavy (non-hydrogen) atoms. The van der Waals surface area contributed by atoms with Gasteiger partial charge in [0.05, 0.1) is 25.5 Å². The number of anilines is 2. The second-order valence-corrected chi connectivity index (χ2v) is 42.7. The fourth-order valence-electron chi connectivity index (χ4n) is 12.1. The molecule has 5 saturated heterocycles. The Morgan fingerprint density at radius 2 is 0.857 bits per heavy atom. The first-order chi connectivity index (χ1) is 39.1. The number of nitrogens with two attached hydrogens (primary N) is 2. The molecule has 5 aliphatic rings. The van der Waals surface area contributed by atoms with Crippen LogP contribution in [0.15, 0.2) is 51.2 Å². The largest absolute Gasteiger partial charge is 0.414 e. The standard InChI is InChI=1S/C24H42N2O7Si2.C21H39N3O6Si2.C9H13N3O5/c1-14(2)34(15(3)4)30-13-20-22(32-35(33-34,16(5)6)17(7)8)21(28)23(31-20)26-11-10-19(12-18(9)27)25-24(26)29;1-12(2)31(13(3)4)27-11-16-19(29-32(30-31,14(5)6)15(7)8)18(25)20(28-16)24-10-9-17(22)23-21(24)26;10-5-1-2-12(9(16)11-5)8-7(15)6(14)4(3-13)17-8/h10-11,14-17,20-23,28H,12-13H2,1-9H3;9-10,12-16,18-20,25H,11H2,1-8H3,(H2,22,23,26);1-2,4,6-8,13-15H,3H2,(H2,10,11,16)/t20-,21-,22-,23-;16-,18-,19-,20-;4-,6-,7-,8-/m111/s1. The van der Waals surface area contributed by atoms with Gasteiger partial charge in [0.15, 0.2) is 18.7 Å². The molecule has 0 aromatic carbocycles. The monoisotopic (exact) mass is 1250 g/mol. The number of aliphatic hydroxyl groups is 5. The molecule has 9 N–H and O–H groups in total. The number of ether oxygens (including phenoxy) is 3. The summed E-state index contributed by atoms with van der Waals surface area (Å²) in [5.41, 5.74) is 10.7. The lowest BCUT2D eigenvalue weighted by Gasteiger charge is -2.51. The van der Waals surface area contributed by atoms with Crippen molar-refractivity contribution >= 4 is 51.7 Å². The van der Waals surface area contributed by atoms with E-state index < -0.39 is 132 Å². The zero-order valence-electron chi connectivity index (χ0n) is 51.7. The van der Waals surface area contributed by atoms with Crippen LogP contribution in [0.5, 0.6) is 0 Å². The molecular weight excluding hydrogens is 1160 g/mol. The Morgan fingerprint density at radius 1 is 0.524 bits per heavy atom. The predicted octanol–water partition coefficient (Wildman–Crippen LogP) is 4.07. The normalized spacial score (nSPS) is 29.9. The van der Waals surface area contributed by atoms with Crippen LogP contribution in [0.3, 0.4) is 0 Å². The first kappa shape index (κ1) is 69.3. The van der Waals surface area contributed by atoms with E-state index in [1.807, 2.05) is 0 Å². The summed E-state index contributed by atoms with van der Waals surface area (Å²) in [7, 11) is -11.3. The van der Waals surface area contributed by atoms with Crippen molar-refractivity contribution in [3.05, 3.63) is 73.9 Å². The maximum Gasteiger partial charge on any atom is 0.351 e. The average Bonchev–Trinajstić information content (AvgIpc) is 1.91. The highest BCUT2D eigenvalue weighted by atomic mass is 28.5. The highest BCUT2D eigenvalue weighted by molar-refractivity contribution is 6.84. The first-order valence-corrected chi connectivity index (χ1v) is 37.1. The lowest BCUT2D eigenvalue weighted by Crippen LogP contribution is -2.65. The fourth-order valence-corrected chi connectivity index (χ4v) is 34.5. The molecule has 26 nitrogen and oxygen atoms in total. The minimum Gasteiger partial charge on any atom is -0.414 e. The summed E-state index contributed by atoms with van der Waals surface area (Å²) in [5.74, 6) is 0.0916. The minimum absolute atomic E-state index is 0.0537. The van der Waals surface area contributed by atoms with Gasteiger partial charge in [0.1, 0.15) is 72.4 Å². The Morgan fingerprint density at radius 3 is 1.15 bits per heavy atom. The van der Waals surface area contributed by atoms with E-state index in [1.54, 1.807) is 6.07 Å². The van der Waals surface area contributed by atoms with E-state index in [1.165, 1.54) is 46.8 Å². The van der Waals surface area contributed by atoms with Crippen molar-refractivity contribution in [3.63, 3.8) is 0 Å². The summed E-state index contributed by atoms with van der Waals surface area (Å²) in [4.78, 5) is 59.4. The summed E-state index contributed by atoms with van der Waals surface area (Å²) in [6, 6.07) is 4.49. The van der Waals surface area contributed by atoms with Gasteiger partial charge in [-0.2, -0.15) is 15.0 Å². The SMILES string of the molecule is CC(=O)Cc1ccn([C@@H]2O[C@@H]3CO[Si](C(C)C)(C(C)C)O[Si](C(C)C)(C(C)C)O[C@H]3[C@H]2O)c(=O)n1.CC(C)[Si]1(C(C)C)OC[C@H]2O[C@@H](n3ccc(N)nc3=O)[C@H](O)[C@@H]2O[Si](C(C)C)(C(C)C)O1.Nc1ccn([C@@H]2O[C@H](CO)[C@@H](O)[C@H]2O)c(=O)n1. The van der Waals surface area contributed by atoms with Crippen LogP contribution in [-0.4, -0.2) is 169 Å². The van der Waals surface area contributed by atoms with Crippen molar-refractivity contribution in [2.75, 3.05) is 31.3 Å². The Bertz CT molecular complexity index is 2850. The van der Waals surface area contributed by atoms with Crippen molar-refractivity contribution in [1.29, 1.82) is 0 Å². The van der Waals surface area contributed by atoms with Crippen molar-refractivity contribution in [3.8, 4) is 0 Å². The molecule has 0 radical (unpaired) electrons. The van der Waals surface area contributed by atoms with Crippen LogP contribution in [0, 0.1) is 0 Å². The fraction of sp³-hybridized carbons (Fsp3) is 0.759. The van der Waals surface area contributed by atoms with Crippen LogP contribution in [-0.2, 0) is 51.4 Å². The number of nitrogens with zero attached hydrogens (tertiary/aromatic N) is 6. The Labute approximate surface area is 496 Å². The average molecular weight is 1260 g/mol. The van der Waals surface area contributed by atoms with Gasteiger partial charge in [-0.15, -0.1) is 0 Å². The highest BCUT2D eigenvalue weighted by Gasteiger charge is 2.64. The molecule has 5 fully saturated rings. The van der Waals surface area contributed by atoms with Crippen molar-refractivity contribution in [2.45, 2.75) is 242 Å². The van der Waals surface area contributed by atoms with Crippen molar-refractivity contribution in [1.82, 2.24) is 28.7 Å². The van der Waals surface area contributed by atoms with Gasteiger partial charge in [0.25, 0.3) is 0 Å². The molecule has 474 valence electrons. The molecule has 5 aliphatic heterocycles. The predicted molar refractivity (Wildman–Crippen MR) is 319 cm³/mol. The maximum atomic E-state index is 12.8. The van der Waals surface area contributed by atoms with Gasteiger partial charge < -0.3 is 77.1 Å². The van der Waals surface area contributed by atoms with E-state index in [4.69, 9.17) is 56.7 Å². The summed E-state index contributed by atoms with van der Waals surface area (Å²) in [6.07, 6.45) is -6.73. The van der Waals surface area contributed by atoms with Crippen LogP contribution in [0.1, 0.15) is 142 Å². The van der Waals surface area contributed by atoms with Crippen LogP contribution in [0.2, 0.25) is 44.3 Å². The maximum absolute atomic E-state index is 12.8. The summed E-state index contributed by atoms with van der Waals surface area (Å²) in [6.45, 7) is 35.6. The molecule has 3 aromatic heterocycles. The lowest BCUT2D eigenvalue weighted by molar-refractivity contribution is -0.116. The number of aromatic nitrogens is 6. The van der Waals surface area contributed by atoms with Gasteiger partial charge in [-0.1, -0.05) is 111 Å². The van der Waals surface area contributed by atoms with Gasteiger partial charge >= 0.3 is 51.3 Å². The molecule has 30 heteroatoms. The third-order valence-corrected chi connectivity index (χ3v) is 37.1. The Balaban J connectivity index is 0.000000213. The third kappa shape index (κ3) is 13.9. The van der Waals surface area contributed by atoms with Gasteiger partial charge in [-0.25, -0.2) is 14.4 Å². The van der Waals surface area contributed by atoms with E-state index in [9.17, 15) is 39.6 Å². The Kier molecular flexibility index (Phi) is 22.9. The van der Waals surface area contributed by atoms with Crippen molar-refractivity contribution in [2.24, 2.45) is 0 Å². The van der Waals surface area contributed by atoms with E-state index in [0.717, 1.165) is 4.57 Å². The zero-order chi connectivity index (χ0) is 62.9. The molecular formula is C54H94N8O18Si4. The van der Waals surface area contributed by atoms with E-state index in [-0.39, 0.29) is 81.4 Å². The number of aliphatic hydroxyl groups excluding tert-OH is 5. The molecule has 0 saturated carbocycles. The summed E-state index contributed by atoms with van der Waals surface area (Å²) in [5, 5.41) is 50.8. The minimum atomic E-state index is -2.92. The molecule has 8 heterocycles. The number of fused-ring (bicyclic) bond motifs is 2. The van der Waals surface area contributed by atoms with Gasteiger partial charge in [-0.3, -0.25) is 18.5 Å². The molecule has 12 atom stereocenters. The van der Waals surface area contributed by atoms with Crippen LogP contribution in [0.4, 0.5) is 11.6 Å². The highest BCUT2D eigenvalue weighted by Crippen LogP contribution is 2.50. The smallest absolute Gasteiger partial charge is 0.351 e. The third-order valence-electron chi connectivity index (χ3n) is 16.6. The van der Waals surface area contributed by atoms with Crippen molar-refractivity contribution < 1.29 is 70.5 Å².